The quantitative estimate of drug-likeness (QED) is 0.699. The Morgan fingerprint density at radius 3 is 2.80 bits per heavy atom. The molecule has 2 unspecified atom stereocenters. The number of alkyl halides is 1. The van der Waals surface area contributed by atoms with E-state index in [2.05, 4.69) is 15.9 Å². The summed E-state index contributed by atoms with van der Waals surface area (Å²) in [6.45, 7) is 0. The van der Waals surface area contributed by atoms with Crippen LogP contribution in [0.2, 0.25) is 5.02 Å². The fourth-order valence-electron chi connectivity index (χ4n) is 2.19. The zero-order valence-electron chi connectivity index (χ0n) is 8.35. The highest BCUT2D eigenvalue weighted by molar-refractivity contribution is 9.09. The Bertz CT molecular complexity index is 353. The van der Waals surface area contributed by atoms with Crippen LogP contribution in [0.5, 0.6) is 0 Å². The maximum absolute atomic E-state index is 12.9. The van der Waals surface area contributed by atoms with Gasteiger partial charge in [0, 0.05) is 4.83 Å². The van der Waals surface area contributed by atoms with Gasteiger partial charge >= 0.3 is 0 Å². The van der Waals surface area contributed by atoms with E-state index in [1.807, 2.05) is 6.07 Å². The van der Waals surface area contributed by atoms with Crippen molar-refractivity contribution in [2.24, 2.45) is 5.92 Å². The second-order valence-corrected chi connectivity index (χ2v) is 5.74. The van der Waals surface area contributed by atoms with E-state index in [0.29, 0.717) is 10.7 Å². The van der Waals surface area contributed by atoms with Gasteiger partial charge in [-0.2, -0.15) is 0 Å². The van der Waals surface area contributed by atoms with Gasteiger partial charge in [0.25, 0.3) is 0 Å². The molecule has 1 aliphatic rings. The van der Waals surface area contributed by atoms with Crippen molar-refractivity contribution in [1.82, 2.24) is 0 Å². The third kappa shape index (κ3) is 2.73. The Kier molecular flexibility index (Phi) is 3.68. The highest BCUT2D eigenvalue weighted by atomic mass is 79.9. The first kappa shape index (κ1) is 11.4. The number of halogens is 3. The highest BCUT2D eigenvalue weighted by Gasteiger charge is 2.24. The first-order chi connectivity index (χ1) is 7.16. The van der Waals surface area contributed by atoms with Crippen LogP contribution in [0, 0.1) is 11.7 Å². The van der Waals surface area contributed by atoms with Gasteiger partial charge < -0.3 is 0 Å². The van der Waals surface area contributed by atoms with Crippen LogP contribution in [0.1, 0.15) is 24.8 Å². The second kappa shape index (κ2) is 4.84. The third-order valence-electron chi connectivity index (χ3n) is 3.05. The van der Waals surface area contributed by atoms with E-state index in [9.17, 15) is 4.39 Å². The maximum atomic E-state index is 12.9. The normalized spacial score (nSPS) is 25.8. The first-order valence-corrected chi connectivity index (χ1v) is 6.54. The topological polar surface area (TPSA) is 0 Å². The lowest BCUT2D eigenvalue weighted by Crippen LogP contribution is -2.09. The average molecular weight is 292 g/mol. The van der Waals surface area contributed by atoms with Crippen LogP contribution in [0.4, 0.5) is 4.39 Å². The lowest BCUT2D eigenvalue weighted by atomic mass is 9.98. The third-order valence-corrected chi connectivity index (χ3v) is 4.54. The zero-order valence-corrected chi connectivity index (χ0v) is 10.7. The lowest BCUT2D eigenvalue weighted by Gasteiger charge is -2.13. The minimum atomic E-state index is -0.331. The Balaban J connectivity index is 2.07. The fourth-order valence-corrected chi connectivity index (χ4v) is 3.17. The largest absolute Gasteiger partial charge is 0.205 e. The van der Waals surface area contributed by atoms with Crippen molar-refractivity contribution in [3.05, 3.63) is 34.6 Å². The molecule has 0 heterocycles. The highest BCUT2D eigenvalue weighted by Crippen LogP contribution is 2.34. The molecule has 1 aromatic rings. The maximum Gasteiger partial charge on any atom is 0.141 e. The summed E-state index contributed by atoms with van der Waals surface area (Å²) in [6, 6.07) is 5.03. The molecule has 0 aromatic heterocycles. The van der Waals surface area contributed by atoms with Crippen LogP contribution in [-0.2, 0) is 6.42 Å². The molecule has 0 aliphatic heterocycles. The van der Waals surface area contributed by atoms with Crippen molar-refractivity contribution in [2.45, 2.75) is 30.5 Å². The van der Waals surface area contributed by atoms with E-state index in [4.69, 9.17) is 11.6 Å². The minimum absolute atomic E-state index is 0.233. The molecule has 0 bridgehead atoms. The SMILES string of the molecule is Fc1ccc(CC2CCCC2Br)cc1Cl. The van der Waals surface area contributed by atoms with Gasteiger partial charge in [0.1, 0.15) is 5.82 Å². The van der Waals surface area contributed by atoms with Crippen LogP contribution < -0.4 is 0 Å². The molecule has 1 aliphatic carbocycles. The van der Waals surface area contributed by atoms with Crippen LogP contribution in [0.3, 0.4) is 0 Å². The van der Waals surface area contributed by atoms with Gasteiger partial charge in [0.05, 0.1) is 5.02 Å². The van der Waals surface area contributed by atoms with Gasteiger partial charge in [0.15, 0.2) is 0 Å². The monoisotopic (exact) mass is 290 g/mol. The first-order valence-electron chi connectivity index (χ1n) is 5.25. The zero-order chi connectivity index (χ0) is 10.8. The van der Waals surface area contributed by atoms with Gasteiger partial charge in [-0.05, 0) is 42.9 Å². The lowest BCUT2D eigenvalue weighted by molar-refractivity contribution is 0.561. The van der Waals surface area contributed by atoms with Crippen molar-refractivity contribution in [1.29, 1.82) is 0 Å². The summed E-state index contributed by atoms with van der Waals surface area (Å²) in [6.07, 6.45) is 4.79. The van der Waals surface area contributed by atoms with E-state index in [0.717, 1.165) is 12.0 Å². The van der Waals surface area contributed by atoms with Crippen LogP contribution >= 0.6 is 27.5 Å². The molecule has 1 aromatic carbocycles. The summed E-state index contributed by atoms with van der Waals surface area (Å²) >= 11 is 9.44. The van der Waals surface area contributed by atoms with E-state index >= 15 is 0 Å². The van der Waals surface area contributed by atoms with E-state index < -0.39 is 0 Å². The van der Waals surface area contributed by atoms with Crippen molar-refractivity contribution in [3.8, 4) is 0 Å². The second-order valence-electron chi connectivity index (χ2n) is 4.16. The number of hydrogen-bond donors (Lipinski definition) is 0. The molecule has 0 saturated heterocycles. The van der Waals surface area contributed by atoms with E-state index in [1.54, 1.807) is 6.07 Å². The van der Waals surface area contributed by atoms with Crippen LogP contribution in [-0.4, -0.2) is 4.83 Å². The van der Waals surface area contributed by atoms with Crippen molar-refractivity contribution < 1.29 is 4.39 Å². The molecular weight excluding hydrogens is 278 g/mol. The molecular formula is C12H13BrClF. The molecule has 82 valence electrons. The number of rotatable bonds is 2. The van der Waals surface area contributed by atoms with Gasteiger partial charge in [-0.15, -0.1) is 0 Å². The molecule has 0 amide bonds. The van der Waals surface area contributed by atoms with E-state index in [-0.39, 0.29) is 10.8 Å². The molecule has 3 heteroatoms. The van der Waals surface area contributed by atoms with Crippen molar-refractivity contribution in [3.63, 3.8) is 0 Å². The summed E-state index contributed by atoms with van der Waals surface area (Å²) in [4.78, 5) is 0.612. The molecule has 0 spiro atoms. The predicted octanol–water partition coefficient (Wildman–Crippen LogP) is 4.59. The standard InChI is InChI=1S/C12H13BrClF/c13-10-3-1-2-9(10)6-8-4-5-12(15)11(14)7-8/h4-5,7,9-10H,1-3,6H2. The summed E-state index contributed by atoms with van der Waals surface area (Å²) in [5, 5.41) is 0.233. The number of hydrogen-bond acceptors (Lipinski definition) is 0. The molecule has 2 atom stereocenters. The summed E-state index contributed by atoms with van der Waals surface area (Å²) < 4.78 is 12.9. The minimum Gasteiger partial charge on any atom is -0.205 e. The van der Waals surface area contributed by atoms with Gasteiger partial charge in [-0.3, -0.25) is 0 Å². The summed E-state index contributed by atoms with van der Waals surface area (Å²) in [5.41, 5.74) is 1.14. The molecule has 0 N–H and O–H groups in total. The number of benzene rings is 1. The van der Waals surface area contributed by atoms with Crippen molar-refractivity contribution in [2.75, 3.05) is 0 Å². The molecule has 0 nitrogen and oxygen atoms in total. The average Bonchev–Trinajstić information content (AvgIpc) is 2.59. The predicted molar refractivity (Wildman–Crippen MR) is 65.2 cm³/mol. The smallest absolute Gasteiger partial charge is 0.141 e. The van der Waals surface area contributed by atoms with Crippen LogP contribution in [0.25, 0.3) is 0 Å². The van der Waals surface area contributed by atoms with E-state index in [1.165, 1.54) is 25.3 Å². The van der Waals surface area contributed by atoms with Gasteiger partial charge in [-0.25, -0.2) is 4.39 Å². The molecule has 2 rings (SSSR count). The van der Waals surface area contributed by atoms with Crippen LogP contribution in [0.15, 0.2) is 18.2 Å². The fraction of sp³-hybridized carbons (Fsp3) is 0.500. The molecule has 1 saturated carbocycles. The summed E-state index contributed by atoms with van der Waals surface area (Å²) in [5.74, 6) is 0.341. The van der Waals surface area contributed by atoms with Gasteiger partial charge in [-0.1, -0.05) is 40.0 Å². The van der Waals surface area contributed by atoms with Gasteiger partial charge in [0.2, 0.25) is 0 Å². The molecule has 1 fully saturated rings. The molecule has 0 radical (unpaired) electrons. The molecule has 15 heavy (non-hydrogen) atoms. The Morgan fingerprint density at radius 1 is 1.40 bits per heavy atom. The Hall–Kier alpha value is -0.0800. The summed E-state index contributed by atoms with van der Waals surface area (Å²) in [7, 11) is 0. The van der Waals surface area contributed by atoms with Crippen molar-refractivity contribution >= 4 is 27.5 Å². The Morgan fingerprint density at radius 2 is 2.20 bits per heavy atom. The Labute approximate surface area is 103 Å².